The van der Waals surface area contributed by atoms with Crippen LogP contribution in [0.1, 0.15) is 11.3 Å². The number of aromatic nitrogens is 3. The summed E-state index contributed by atoms with van der Waals surface area (Å²) < 4.78 is 3.92. The standard InChI is InChI=1S/C15H18N4/c1-9-10(2)18(3)14-7-11(5-6-12(9)14)13-8-17-19(4)15(13)16/h5-8H,16H2,1-4H3. The van der Waals surface area contributed by atoms with Crippen LogP contribution in [-0.4, -0.2) is 14.3 Å². The largest absolute Gasteiger partial charge is 0.383 e. The molecular formula is C15H18N4. The third-order valence-electron chi connectivity index (χ3n) is 4.10. The van der Waals surface area contributed by atoms with E-state index in [9.17, 15) is 0 Å². The van der Waals surface area contributed by atoms with Crippen LogP contribution in [0.4, 0.5) is 5.82 Å². The second kappa shape index (κ2) is 3.88. The summed E-state index contributed by atoms with van der Waals surface area (Å²) in [5, 5.41) is 5.50. The predicted octanol–water partition coefficient (Wildman–Crippen LogP) is 2.78. The first-order chi connectivity index (χ1) is 9.00. The molecular weight excluding hydrogens is 236 g/mol. The van der Waals surface area contributed by atoms with Crippen LogP contribution in [0.2, 0.25) is 0 Å². The molecule has 2 N–H and O–H groups in total. The Balaban J connectivity index is 2.28. The van der Waals surface area contributed by atoms with Gasteiger partial charge in [0.1, 0.15) is 5.82 Å². The summed E-state index contributed by atoms with van der Waals surface area (Å²) >= 11 is 0. The Morgan fingerprint density at radius 3 is 2.53 bits per heavy atom. The Labute approximate surface area is 112 Å². The van der Waals surface area contributed by atoms with Gasteiger partial charge in [-0.15, -0.1) is 0 Å². The summed E-state index contributed by atoms with van der Waals surface area (Å²) in [5.74, 6) is 0.696. The molecule has 0 aliphatic carbocycles. The zero-order valence-corrected chi connectivity index (χ0v) is 11.7. The quantitative estimate of drug-likeness (QED) is 0.726. The summed E-state index contributed by atoms with van der Waals surface area (Å²) in [6, 6.07) is 6.46. The van der Waals surface area contributed by atoms with E-state index in [1.165, 1.54) is 22.2 Å². The first-order valence-corrected chi connectivity index (χ1v) is 6.34. The van der Waals surface area contributed by atoms with Crippen LogP contribution in [-0.2, 0) is 14.1 Å². The maximum Gasteiger partial charge on any atom is 0.129 e. The highest BCUT2D eigenvalue weighted by Gasteiger charge is 2.12. The molecule has 0 atom stereocenters. The van der Waals surface area contributed by atoms with Gasteiger partial charge in [0.25, 0.3) is 0 Å². The number of rotatable bonds is 1. The van der Waals surface area contributed by atoms with Gasteiger partial charge in [-0.1, -0.05) is 12.1 Å². The highest BCUT2D eigenvalue weighted by atomic mass is 15.3. The fraction of sp³-hybridized carbons (Fsp3) is 0.267. The minimum Gasteiger partial charge on any atom is -0.383 e. The van der Waals surface area contributed by atoms with Gasteiger partial charge in [-0.05, 0) is 31.0 Å². The number of anilines is 1. The number of nitrogens with zero attached hydrogens (tertiary/aromatic N) is 3. The summed E-state index contributed by atoms with van der Waals surface area (Å²) in [6.45, 7) is 4.31. The molecule has 4 heteroatoms. The molecule has 19 heavy (non-hydrogen) atoms. The van der Waals surface area contributed by atoms with Crippen molar-refractivity contribution in [1.29, 1.82) is 0 Å². The molecule has 0 saturated heterocycles. The van der Waals surface area contributed by atoms with Crippen molar-refractivity contribution in [3.8, 4) is 11.1 Å². The van der Waals surface area contributed by atoms with Gasteiger partial charge < -0.3 is 10.3 Å². The molecule has 1 aromatic carbocycles. The monoisotopic (exact) mass is 254 g/mol. The summed E-state index contributed by atoms with van der Waals surface area (Å²) in [4.78, 5) is 0. The molecule has 0 bridgehead atoms. The third-order valence-corrected chi connectivity index (χ3v) is 4.10. The van der Waals surface area contributed by atoms with Crippen molar-refractivity contribution in [3.63, 3.8) is 0 Å². The number of fused-ring (bicyclic) bond motifs is 1. The molecule has 98 valence electrons. The van der Waals surface area contributed by atoms with E-state index in [-0.39, 0.29) is 0 Å². The third kappa shape index (κ3) is 1.56. The van der Waals surface area contributed by atoms with Crippen molar-refractivity contribution in [3.05, 3.63) is 35.7 Å². The summed E-state index contributed by atoms with van der Waals surface area (Å²) in [7, 11) is 3.95. The molecule has 2 heterocycles. The molecule has 4 nitrogen and oxygen atoms in total. The van der Waals surface area contributed by atoms with Crippen LogP contribution in [0.25, 0.3) is 22.0 Å². The molecule has 0 radical (unpaired) electrons. The number of hydrogen-bond donors (Lipinski definition) is 1. The molecule has 0 fully saturated rings. The minimum atomic E-state index is 0.696. The highest BCUT2D eigenvalue weighted by molar-refractivity contribution is 5.90. The Hall–Kier alpha value is -2.23. The van der Waals surface area contributed by atoms with Crippen LogP contribution in [0.15, 0.2) is 24.4 Å². The summed E-state index contributed by atoms with van der Waals surface area (Å²) in [5.41, 5.74) is 12.0. The zero-order chi connectivity index (χ0) is 13.7. The maximum atomic E-state index is 6.05. The molecule has 0 aliphatic heterocycles. The average Bonchev–Trinajstić information content (AvgIpc) is 2.85. The smallest absolute Gasteiger partial charge is 0.129 e. The Kier molecular flexibility index (Phi) is 2.42. The number of nitrogens with two attached hydrogens (primary N) is 1. The normalized spacial score (nSPS) is 11.4. The van der Waals surface area contributed by atoms with E-state index in [4.69, 9.17) is 5.73 Å². The molecule has 3 rings (SSSR count). The first-order valence-electron chi connectivity index (χ1n) is 6.34. The number of nitrogen functional groups attached to an aromatic ring is 1. The number of benzene rings is 1. The van der Waals surface area contributed by atoms with Crippen molar-refractivity contribution in [2.45, 2.75) is 13.8 Å². The van der Waals surface area contributed by atoms with Gasteiger partial charge in [0.15, 0.2) is 0 Å². The van der Waals surface area contributed by atoms with Crippen LogP contribution >= 0.6 is 0 Å². The Bertz CT molecular complexity index is 777. The Morgan fingerprint density at radius 2 is 1.89 bits per heavy atom. The predicted molar refractivity (Wildman–Crippen MR) is 79.0 cm³/mol. The fourth-order valence-corrected chi connectivity index (χ4v) is 2.59. The summed E-state index contributed by atoms with van der Waals surface area (Å²) in [6.07, 6.45) is 1.82. The van der Waals surface area contributed by atoms with Gasteiger partial charge in [0.2, 0.25) is 0 Å². The maximum absolute atomic E-state index is 6.05. The van der Waals surface area contributed by atoms with Crippen LogP contribution in [0.5, 0.6) is 0 Å². The van der Waals surface area contributed by atoms with Crippen molar-refractivity contribution >= 4 is 16.7 Å². The fourth-order valence-electron chi connectivity index (χ4n) is 2.59. The van der Waals surface area contributed by atoms with Crippen LogP contribution in [0.3, 0.4) is 0 Å². The number of aryl methyl sites for hydroxylation is 3. The molecule has 0 saturated carbocycles. The second-order valence-corrected chi connectivity index (χ2v) is 5.07. The SMILES string of the molecule is Cc1c(C)n(C)c2cc(-c3cnn(C)c3N)ccc12. The van der Waals surface area contributed by atoms with Gasteiger partial charge in [-0.3, -0.25) is 4.68 Å². The Morgan fingerprint density at radius 1 is 1.16 bits per heavy atom. The van der Waals surface area contributed by atoms with Gasteiger partial charge in [-0.2, -0.15) is 5.10 Å². The lowest BCUT2D eigenvalue weighted by molar-refractivity contribution is 0.779. The van der Waals surface area contributed by atoms with E-state index < -0.39 is 0 Å². The average molecular weight is 254 g/mol. The van der Waals surface area contributed by atoms with Gasteiger partial charge in [-0.25, -0.2) is 0 Å². The van der Waals surface area contributed by atoms with E-state index in [0.717, 1.165) is 11.1 Å². The van der Waals surface area contributed by atoms with Crippen molar-refractivity contribution < 1.29 is 0 Å². The zero-order valence-electron chi connectivity index (χ0n) is 11.7. The minimum absolute atomic E-state index is 0.696. The lowest BCUT2D eigenvalue weighted by Gasteiger charge is -2.03. The number of hydrogen-bond acceptors (Lipinski definition) is 2. The molecule has 0 spiro atoms. The second-order valence-electron chi connectivity index (χ2n) is 5.07. The van der Waals surface area contributed by atoms with Crippen LogP contribution in [0, 0.1) is 13.8 Å². The van der Waals surface area contributed by atoms with E-state index >= 15 is 0 Å². The van der Waals surface area contributed by atoms with Gasteiger partial charge in [0.05, 0.1) is 6.20 Å². The lowest BCUT2D eigenvalue weighted by Crippen LogP contribution is -1.98. The van der Waals surface area contributed by atoms with Crippen molar-refractivity contribution in [1.82, 2.24) is 14.3 Å². The molecule has 0 amide bonds. The van der Waals surface area contributed by atoms with Gasteiger partial charge in [0, 0.05) is 36.3 Å². The molecule has 2 aromatic heterocycles. The van der Waals surface area contributed by atoms with Crippen LogP contribution < -0.4 is 5.73 Å². The topological polar surface area (TPSA) is 48.8 Å². The van der Waals surface area contributed by atoms with Gasteiger partial charge >= 0.3 is 0 Å². The van der Waals surface area contributed by atoms with E-state index in [2.05, 4.69) is 48.8 Å². The van der Waals surface area contributed by atoms with Crippen molar-refractivity contribution in [2.75, 3.05) is 5.73 Å². The van der Waals surface area contributed by atoms with E-state index in [1.807, 2.05) is 13.2 Å². The lowest BCUT2D eigenvalue weighted by atomic mass is 10.1. The van der Waals surface area contributed by atoms with Crippen molar-refractivity contribution in [2.24, 2.45) is 14.1 Å². The van der Waals surface area contributed by atoms with E-state index in [1.54, 1.807) is 4.68 Å². The molecule has 0 unspecified atom stereocenters. The van der Waals surface area contributed by atoms with E-state index in [0.29, 0.717) is 5.82 Å². The first kappa shape index (κ1) is 11.8. The molecule has 3 aromatic rings. The highest BCUT2D eigenvalue weighted by Crippen LogP contribution is 2.31. The molecule has 0 aliphatic rings.